The van der Waals surface area contributed by atoms with Crippen LogP contribution in [0.1, 0.15) is 36.5 Å². The molecule has 0 amide bonds. The molecule has 1 atom stereocenters. The highest BCUT2D eigenvalue weighted by Gasteiger charge is 2.20. The maximum atomic E-state index is 9.75. The molecule has 1 aromatic rings. The maximum Gasteiger partial charge on any atom is 0.119 e. The van der Waals surface area contributed by atoms with Crippen LogP contribution in [-0.4, -0.2) is 24.9 Å². The Morgan fingerprint density at radius 2 is 2.06 bits per heavy atom. The minimum absolute atomic E-state index is 0.274. The van der Waals surface area contributed by atoms with Crippen molar-refractivity contribution in [2.24, 2.45) is 5.92 Å². The standard InChI is InChI=1S/C15H20O3/c16-15-4-1-12-9-13(2-3-14(12)15)18-10-11-5-7-17-8-6-11/h2-3,9,11,15-16H,1,4-8,10H2/t15-/m1/s1. The van der Waals surface area contributed by atoms with E-state index in [2.05, 4.69) is 6.07 Å². The number of benzene rings is 1. The fourth-order valence-electron chi connectivity index (χ4n) is 2.79. The van der Waals surface area contributed by atoms with Gasteiger partial charge in [0.05, 0.1) is 12.7 Å². The Balaban J connectivity index is 1.60. The smallest absolute Gasteiger partial charge is 0.119 e. The lowest BCUT2D eigenvalue weighted by Crippen LogP contribution is -2.21. The highest BCUT2D eigenvalue weighted by molar-refractivity contribution is 5.39. The third-order valence-electron chi connectivity index (χ3n) is 3.99. The van der Waals surface area contributed by atoms with Crippen molar-refractivity contribution in [3.63, 3.8) is 0 Å². The van der Waals surface area contributed by atoms with Crippen LogP contribution in [0.25, 0.3) is 0 Å². The van der Waals surface area contributed by atoms with Crippen molar-refractivity contribution in [1.82, 2.24) is 0 Å². The van der Waals surface area contributed by atoms with Crippen molar-refractivity contribution in [2.75, 3.05) is 19.8 Å². The van der Waals surface area contributed by atoms with E-state index in [-0.39, 0.29) is 6.10 Å². The third-order valence-corrected chi connectivity index (χ3v) is 3.99. The molecule has 3 nitrogen and oxygen atoms in total. The Morgan fingerprint density at radius 1 is 1.22 bits per heavy atom. The number of rotatable bonds is 3. The second kappa shape index (κ2) is 5.29. The summed E-state index contributed by atoms with van der Waals surface area (Å²) in [4.78, 5) is 0. The maximum absolute atomic E-state index is 9.75. The van der Waals surface area contributed by atoms with E-state index in [0.717, 1.165) is 56.8 Å². The van der Waals surface area contributed by atoms with Crippen molar-refractivity contribution >= 4 is 0 Å². The largest absolute Gasteiger partial charge is 0.493 e. The van der Waals surface area contributed by atoms with Gasteiger partial charge in [-0.1, -0.05) is 6.07 Å². The summed E-state index contributed by atoms with van der Waals surface area (Å²) in [5.74, 6) is 1.56. The van der Waals surface area contributed by atoms with Crippen LogP contribution < -0.4 is 4.74 Å². The van der Waals surface area contributed by atoms with E-state index in [1.54, 1.807) is 0 Å². The molecule has 18 heavy (non-hydrogen) atoms. The van der Waals surface area contributed by atoms with E-state index in [9.17, 15) is 5.11 Å². The van der Waals surface area contributed by atoms with Crippen molar-refractivity contribution in [2.45, 2.75) is 31.8 Å². The second-order valence-electron chi connectivity index (χ2n) is 5.28. The van der Waals surface area contributed by atoms with E-state index in [0.29, 0.717) is 5.92 Å². The van der Waals surface area contributed by atoms with Crippen LogP contribution in [0.4, 0.5) is 0 Å². The number of fused-ring (bicyclic) bond motifs is 1. The van der Waals surface area contributed by atoms with E-state index in [1.807, 2.05) is 12.1 Å². The lowest BCUT2D eigenvalue weighted by molar-refractivity contribution is 0.0497. The number of hydrogen-bond acceptors (Lipinski definition) is 3. The molecule has 98 valence electrons. The van der Waals surface area contributed by atoms with Gasteiger partial charge in [0, 0.05) is 13.2 Å². The molecule has 1 heterocycles. The molecule has 1 fully saturated rings. The summed E-state index contributed by atoms with van der Waals surface area (Å²) in [6, 6.07) is 6.07. The Bertz CT molecular complexity index is 410. The van der Waals surface area contributed by atoms with Crippen molar-refractivity contribution in [3.8, 4) is 5.75 Å². The molecule has 1 N–H and O–H groups in total. The van der Waals surface area contributed by atoms with Crippen LogP contribution in [0.3, 0.4) is 0 Å². The summed E-state index contributed by atoms with van der Waals surface area (Å²) >= 11 is 0. The average Bonchev–Trinajstić information content (AvgIpc) is 2.79. The summed E-state index contributed by atoms with van der Waals surface area (Å²) < 4.78 is 11.2. The van der Waals surface area contributed by atoms with Crippen LogP contribution in [0.15, 0.2) is 18.2 Å². The van der Waals surface area contributed by atoms with Crippen LogP contribution >= 0.6 is 0 Å². The van der Waals surface area contributed by atoms with Gasteiger partial charge in [-0.05, 0) is 54.9 Å². The summed E-state index contributed by atoms with van der Waals surface area (Å²) in [6.45, 7) is 2.51. The van der Waals surface area contributed by atoms with E-state index >= 15 is 0 Å². The Kier molecular flexibility index (Phi) is 3.52. The molecule has 2 aliphatic rings. The number of aliphatic hydroxyl groups excluding tert-OH is 1. The zero-order chi connectivity index (χ0) is 12.4. The SMILES string of the molecule is O[C@@H]1CCc2cc(OCC3CCOCC3)ccc21. The molecular formula is C15H20O3. The highest BCUT2D eigenvalue weighted by atomic mass is 16.5. The van der Waals surface area contributed by atoms with E-state index < -0.39 is 0 Å². The molecule has 0 saturated carbocycles. The molecule has 1 aromatic carbocycles. The first-order chi connectivity index (χ1) is 8.83. The van der Waals surface area contributed by atoms with Gasteiger partial charge in [0.15, 0.2) is 0 Å². The third kappa shape index (κ3) is 2.52. The summed E-state index contributed by atoms with van der Waals surface area (Å²) in [5.41, 5.74) is 2.32. The molecule has 0 bridgehead atoms. The number of aryl methyl sites for hydroxylation is 1. The first-order valence-electron chi connectivity index (χ1n) is 6.84. The van der Waals surface area contributed by atoms with Crippen molar-refractivity contribution in [1.29, 1.82) is 0 Å². The zero-order valence-corrected chi connectivity index (χ0v) is 10.6. The van der Waals surface area contributed by atoms with Gasteiger partial charge in [0.25, 0.3) is 0 Å². The molecule has 0 unspecified atom stereocenters. The summed E-state index contributed by atoms with van der Waals surface area (Å²) in [6.07, 6.45) is 3.74. The molecule has 0 radical (unpaired) electrons. The number of aliphatic hydroxyl groups is 1. The first kappa shape index (κ1) is 12.0. The topological polar surface area (TPSA) is 38.7 Å². The van der Waals surface area contributed by atoms with Gasteiger partial charge in [-0.15, -0.1) is 0 Å². The molecule has 1 aliphatic carbocycles. The number of hydrogen-bond donors (Lipinski definition) is 1. The lowest BCUT2D eigenvalue weighted by atomic mass is 10.0. The van der Waals surface area contributed by atoms with Crippen molar-refractivity contribution < 1.29 is 14.6 Å². The fourth-order valence-corrected chi connectivity index (χ4v) is 2.79. The molecule has 0 aromatic heterocycles. The molecule has 3 rings (SSSR count). The monoisotopic (exact) mass is 248 g/mol. The quantitative estimate of drug-likeness (QED) is 0.893. The van der Waals surface area contributed by atoms with Crippen LogP contribution in [0.5, 0.6) is 5.75 Å². The van der Waals surface area contributed by atoms with Gasteiger partial charge in [-0.2, -0.15) is 0 Å². The Labute approximate surface area is 108 Å². The van der Waals surface area contributed by atoms with Gasteiger partial charge in [-0.3, -0.25) is 0 Å². The lowest BCUT2D eigenvalue weighted by Gasteiger charge is -2.22. The first-order valence-corrected chi connectivity index (χ1v) is 6.84. The molecule has 1 aliphatic heterocycles. The molecule has 0 spiro atoms. The predicted octanol–water partition coefficient (Wildman–Crippen LogP) is 2.47. The Hall–Kier alpha value is -1.06. The minimum Gasteiger partial charge on any atom is -0.493 e. The number of ether oxygens (including phenoxy) is 2. The van der Waals surface area contributed by atoms with Crippen LogP contribution in [0, 0.1) is 5.92 Å². The molecular weight excluding hydrogens is 228 g/mol. The summed E-state index contributed by atoms with van der Waals surface area (Å²) in [5, 5.41) is 9.75. The van der Waals surface area contributed by atoms with Gasteiger partial charge in [0.2, 0.25) is 0 Å². The van der Waals surface area contributed by atoms with Crippen molar-refractivity contribution in [3.05, 3.63) is 29.3 Å². The van der Waals surface area contributed by atoms with Gasteiger partial charge < -0.3 is 14.6 Å². The zero-order valence-electron chi connectivity index (χ0n) is 10.6. The molecule has 1 saturated heterocycles. The average molecular weight is 248 g/mol. The normalized spacial score (nSPS) is 23.9. The fraction of sp³-hybridized carbons (Fsp3) is 0.600. The Morgan fingerprint density at radius 3 is 2.89 bits per heavy atom. The van der Waals surface area contributed by atoms with Crippen LogP contribution in [-0.2, 0) is 11.2 Å². The molecule has 3 heteroatoms. The van der Waals surface area contributed by atoms with E-state index in [1.165, 1.54) is 5.56 Å². The predicted molar refractivity (Wildman–Crippen MR) is 68.8 cm³/mol. The second-order valence-corrected chi connectivity index (χ2v) is 5.28. The summed E-state index contributed by atoms with van der Waals surface area (Å²) in [7, 11) is 0. The minimum atomic E-state index is -0.274. The highest BCUT2D eigenvalue weighted by Crippen LogP contribution is 2.33. The van der Waals surface area contributed by atoms with Crippen LogP contribution in [0.2, 0.25) is 0 Å². The van der Waals surface area contributed by atoms with Gasteiger partial charge in [0.1, 0.15) is 5.75 Å². The van der Waals surface area contributed by atoms with Gasteiger partial charge in [-0.25, -0.2) is 0 Å². The van der Waals surface area contributed by atoms with E-state index in [4.69, 9.17) is 9.47 Å². The van der Waals surface area contributed by atoms with Gasteiger partial charge >= 0.3 is 0 Å².